The summed E-state index contributed by atoms with van der Waals surface area (Å²) in [5.74, 6) is 0. The molecule has 2 N–H and O–H groups in total. The number of anilines is 1. The van der Waals surface area contributed by atoms with Gasteiger partial charge in [0, 0.05) is 12.6 Å². The van der Waals surface area contributed by atoms with Crippen LogP contribution in [0.25, 0.3) is 0 Å². The minimum Gasteiger partial charge on any atom is -0.375 e. The maximum Gasteiger partial charge on any atom is 0.254 e. The fourth-order valence-corrected chi connectivity index (χ4v) is 5.63. The van der Waals surface area contributed by atoms with Crippen LogP contribution in [0.2, 0.25) is 0 Å². The average Bonchev–Trinajstić information content (AvgIpc) is 2.69. The standard InChI is InChI=1S/C11H19N3O2S2/c1-3-9-6-4-5-7-14(9)18(15,16)10-8(2)13-11(12)17-10/h9H,3-7H2,1-2H3,(H2,12,13). The van der Waals surface area contributed by atoms with Gasteiger partial charge < -0.3 is 5.73 Å². The molecule has 1 saturated heterocycles. The van der Waals surface area contributed by atoms with Crippen LogP contribution in [0, 0.1) is 6.92 Å². The Morgan fingerprint density at radius 2 is 2.22 bits per heavy atom. The normalized spacial score (nSPS) is 22.2. The Kier molecular flexibility index (Phi) is 3.93. The first-order valence-corrected chi connectivity index (χ1v) is 8.47. The van der Waals surface area contributed by atoms with E-state index >= 15 is 0 Å². The van der Waals surface area contributed by atoms with Gasteiger partial charge in [-0.15, -0.1) is 0 Å². The topological polar surface area (TPSA) is 76.3 Å². The Hall–Kier alpha value is -0.660. The van der Waals surface area contributed by atoms with Gasteiger partial charge in [0.2, 0.25) is 0 Å². The van der Waals surface area contributed by atoms with Crippen LogP contribution in [-0.2, 0) is 10.0 Å². The minimum absolute atomic E-state index is 0.117. The van der Waals surface area contributed by atoms with Crippen molar-refractivity contribution in [3.05, 3.63) is 5.69 Å². The fraction of sp³-hybridized carbons (Fsp3) is 0.727. The summed E-state index contributed by atoms with van der Waals surface area (Å²) in [6.45, 7) is 4.34. The minimum atomic E-state index is -3.42. The molecule has 5 nitrogen and oxygen atoms in total. The number of aromatic nitrogens is 1. The van der Waals surface area contributed by atoms with Crippen LogP contribution in [0.15, 0.2) is 4.21 Å². The molecule has 0 aromatic carbocycles. The number of hydrogen-bond donors (Lipinski definition) is 1. The second-order valence-corrected chi connectivity index (χ2v) is 7.72. The molecule has 1 fully saturated rings. The molecule has 0 aliphatic carbocycles. The Labute approximate surface area is 112 Å². The van der Waals surface area contributed by atoms with Crippen LogP contribution in [-0.4, -0.2) is 30.3 Å². The summed E-state index contributed by atoms with van der Waals surface area (Å²) in [7, 11) is -3.42. The number of hydrogen-bond acceptors (Lipinski definition) is 5. The highest BCUT2D eigenvalue weighted by atomic mass is 32.2. The number of aryl methyl sites for hydroxylation is 1. The van der Waals surface area contributed by atoms with E-state index in [1.807, 2.05) is 6.92 Å². The third-order valence-electron chi connectivity index (χ3n) is 3.36. The third kappa shape index (κ3) is 2.39. The van der Waals surface area contributed by atoms with Crippen LogP contribution in [0.4, 0.5) is 5.13 Å². The summed E-state index contributed by atoms with van der Waals surface area (Å²) in [4.78, 5) is 4.01. The van der Waals surface area contributed by atoms with Gasteiger partial charge in [-0.2, -0.15) is 4.31 Å². The van der Waals surface area contributed by atoms with E-state index in [2.05, 4.69) is 4.98 Å². The molecule has 1 aromatic rings. The lowest BCUT2D eigenvalue weighted by atomic mass is 10.0. The van der Waals surface area contributed by atoms with Gasteiger partial charge in [0.25, 0.3) is 10.0 Å². The highest BCUT2D eigenvalue weighted by molar-refractivity contribution is 7.91. The molecular formula is C11H19N3O2S2. The van der Waals surface area contributed by atoms with Crippen LogP contribution in [0.3, 0.4) is 0 Å². The zero-order valence-electron chi connectivity index (χ0n) is 10.7. The van der Waals surface area contributed by atoms with Crippen molar-refractivity contribution in [2.45, 2.75) is 49.8 Å². The number of sulfonamides is 1. The van der Waals surface area contributed by atoms with Crippen LogP contribution in [0.1, 0.15) is 38.3 Å². The maximum absolute atomic E-state index is 12.6. The van der Waals surface area contributed by atoms with E-state index in [9.17, 15) is 8.42 Å². The molecule has 2 heterocycles. The monoisotopic (exact) mass is 289 g/mol. The predicted octanol–water partition coefficient (Wildman–Crippen LogP) is 1.99. The van der Waals surface area contributed by atoms with Crippen molar-refractivity contribution >= 4 is 26.5 Å². The largest absolute Gasteiger partial charge is 0.375 e. The molecule has 1 atom stereocenters. The zero-order chi connectivity index (χ0) is 13.3. The smallest absolute Gasteiger partial charge is 0.254 e. The number of nitrogens with zero attached hydrogens (tertiary/aromatic N) is 2. The Bertz CT molecular complexity index is 524. The van der Waals surface area contributed by atoms with E-state index in [-0.39, 0.29) is 6.04 Å². The lowest BCUT2D eigenvalue weighted by molar-refractivity contribution is 0.247. The van der Waals surface area contributed by atoms with E-state index in [0.717, 1.165) is 37.0 Å². The van der Waals surface area contributed by atoms with Gasteiger partial charge in [0.1, 0.15) is 0 Å². The van der Waals surface area contributed by atoms with E-state index in [0.29, 0.717) is 21.6 Å². The number of piperidine rings is 1. The molecule has 0 spiro atoms. The van der Waals surface area contributed by atoms with Crippen molar-refractivity contribution in [3.63, 3.8) is 0 Å². The van der Waals surface area contributed by atoms with Crippen molar-refractivity contribution < 1.29 is 8.42 Å². The van der Waals surface area contributed by atoms with Crippen molar-refractivity contribution in [2.75, 3.05) is 12.3 Å². The molecule has 102 valence electrons. The quantitative estimate of drug-likeness (QED) is 0.923. The summed E-state index contributed by atoms with van der Waals surface area (Å²) in [5, 5.41) is 0.316. The molecule has 0 saturated carbocycles. The molecule has 1 aliphatic rings. The summed E-state index contributed by atoms with van der Waals surface area (Å²) >= 11 is 1.06. The number of thiazole rings is 1. The number of rotatable bonds is 3. The van der Waals surface area contributed by atoms with Crippen LogP contribution < -0.4 is 5.73 Å². The molecule has 0 bridgehead atoms. The molecule has 1 aliphatic heterocycles. The van der Waals surface area contributed by atoms with Gasteiger partial charge in [-0.1, -0.05) is 24.7 Å². The van der Waals surface area contributed by atoms with Crippen molar-refractivity contribution in [1.29, 1.82) is 0 Å². The van der Waals surface area contributed by atoms with Crippen LogP contribution >= 0.6 is 11.3 Å². The van der Waals surface area contributed by atoms with Gasteiger partial charge >= 0.3 is 0 Å². The molecule has 0 amide bonds. The van der Waals surface area contributed by atoms with Crippen molar-refractivity contribution in [1.82, 2.24) is 9.29 Å². The molecule has 7 heteroatoms. The van der Waals surface area contributed by atoms with Gasteiger partial charge in [-0.25, -0.2) is 13.4 Å². The van der Waals surface area contributed by atoms with Gasteiger partial charge in [0.05, 0.1) is 5.69 Å². The highest BCUT2D eigenvalue weighted by Gasteiger charge is 2.34. The summed E-state index contributed by atoms with van der Waals surface area (Å²) < 4.78 is 27.2. The zero-order valence-corrected chi connectivity index (χ0v) is 12.4. The number of nitrogen functional groups attached to an aromatic ring is 1. The molecule has 0 radical (unpaired) electrons. The first-order chi connectivity index (χ1) is 8.46. The third-order valence-corrected chi connectivity index (χ3v) is 6.88. The van der Waals surface area contributed by atoms with E-state index in [1.54, 1.807) is 11.2 Å². The first kappa shape index (κ1) is 13.8. The maximum atomic E-state index is 12.6. The second kappa shape index (κ2) is 5.14. The fourth-order valence-electron chi connectivity index (χ4n) is 2.45. The van der Waals surface area contributed by atoms with Gasteiger partial charge in [0.15, 0.2) is 9.34 Å². The molecule has 1 aromatic heterocycles. The summed E-state index contributed by atoms with van der Waals surface area (Å²) in [6.07, 6.45) is 3.84. The van der Waals surface area contributed by atoms with E-state index in [4.69, 9.17) is 5.73 Å². The van der Waals surface area contributed by atoms with Gasteiger partial charge in [-0.05, 0) is 26.2 Å². The van der Waals surface area contributed by atoms with E-state index in [1.165, 1.54) is 0 Å². The van der Waals surface area contributed by atoms with Crippen molar-refractivity contribution in [2.24, 2.45) is 0 Å². The lowest BCUT2D eigenvalue weighted by Crippen LogP contribution is -2.43. The molecule has 18 heavy (non-hydrogen) atoms. The highest BCUT2D eigenvalue weighted by Crippen LogP contribution is 2.32. The first-order valence-electron chi connectivity index (χ1n) is 6.21. The number of nitrogens with two attached hydrogens (primary N) is 1. The second-order valence-electron chi connectivity index (χ2n) is 4.60. The van der Waals surface area contributed by atoms with Gasteiger partial charge in [-0.3, -0.25) is 0 Å². The molecule has 2 rings (SSSR count). The lowest BCUT2D eigenvalue weighted by Gasteiger charge is -2.33. The summed E-state index contributed by atoms with van der Waals surface area (Å²) in [5.41, 5.74) is 6.11. The van der Waals surface area contributed by atoms with Crippen LogP contribution in [0.5, 0.6) is 0 Å². The van der Waals surface area contributed by atoms with E-state index < -0.39 is 10.0 Å². The SMILES string of the molecule is CCC1CCCCN1S(=O)(=O)c1sc(N)nc1C. The average molecular weight is 289 g/mol. The Morgan fingerprint density at radius 1 is 1.50 bits per heavy atom. The Morgan fingerprint density at radius 3 is 2.78 bits per heavy atom. The van der Waals surface area contributed by atoms with Crippen molar-refractivity contribution in [3.8, 4) is 0 Å². The predicted molar refractivity (Wildman–Crippen MR) is 73.1 cm³/mol. The molecular weight excluding hydrogens is 270 g/mol. The molecule has 1 unspecified atom stereocenters. The summed E-state index contributed by atoms with van der Waals surface area (Å²) in [6, 6.07) is 0.117. The Balaban J connectivity index is 2.38.